The third-order valence-electron chi connectivity index (χ3n) is 3.37. The number of nitrogens with zero attached hydrogens (tertiary/aromatic N) is 3. The Balaban J connectivity index is 0.00000420. The number of halogens is 2. The van der Waals surface area contributed by atoms with E-state index in [1.165, 1.54) is 5.38 Å². The van der Waals surface area contributed by atoms with Crippen molar-refractivity contribution < 1.29 is 67.6 Å². The number of rotatable bonds is 8. The van der Waals surface area contributed by atoms with Crippen LogP contribution in [0.15, 0.2) is 10.5 Å². The molecule has 1 aromatic rings. The van der Waals surface area contributed by atoms with E-state index in [-0.39, 0.29) is 52.0 Å². The standard InChI is InChI=1S/C12H13ClFN5O7S2.Na.H/c1-26-18-8(5-4-27-12(15-5)16-7(20)2-13)10(21)17-9-6(3-14)19(11(9)22)28(23,24)25;;/h4,6,9H,2-3H2,1H3,(H,17,21)(H,15,16,20)(H,23,24,25);;/q;+1;-1/b18-8-;;. The molecule has 1 saturated heterocycles. The summed E-state index contributed by atoms with van der Waals surface area (Å²) in [5, 5.41) is 9.42. The van der Waals surface area contributed by atoms with Gasteiger partial charge in [-0.1, -0.05) is 5.16 Å². The maximum absolute atomic E-state index is 13.1. The van der Waals surface area contributed by atoms with Gasteiger partial charge in [0.2, 0.25) is 5.91 Å². The Morgan fingerprint density at radius 3 is 2.72 bits per heavy atom. The van der Waals surface area contributed by atoms with Crippen molar-refractivity contribution in [1.29, 1.82) is 0 Å². The van der Waals surface area contributed by atoms with Crippen molar-refractivity contribution in [3.8, 4) is 0 Å². The molecule has 3 N–H and O–H groups in total. The van der Waals surface area contributed by atoms with Gasteiger partial charge in [-0.25, -0.2) is 13.7 Å². The van der Waals surface area contributed by atoms with Gasteiger partial charge in [0.25, 0.3) is 11.8 Å². The van der Waals surface area contributed by atoms with E-state index in [2.05, 4.69) is 25.6 Å². The van der Waals surface area contributed by atoms with Gasteiger partial charge in [0, 0.05) is 5.38 Å². The number of carbonyl (C=O) groups is 3. The molecule has 0 spiro atoms. The smallest absolute Gasteiger partial charge is 1.00 e. The number of carbonyl (C=O) groups excluding carboxylic acids is 3. The number of nitrogens with one attached hydrogen (secondary N) is 2. The molecule has 156 valence electrons. The molecule has 17 heteroatoms. The molecule has 2 heterocycles. The van der Waals surface area contributed by atoms with Crippen molar-refractivity contribution in [3.05, 3.63) is 11.1 Å². The first-order valence-corrected chi connectivity index (χ1v) is 10.1. The van der Waals surface area contributed by atoms with Crippen LogP contribution < -0.4 is 40.2 Å². The maximum Gasteiger partial charge on any atom is 1.00 e. The number of amides is 3. The predicted octanol–water partition coefficient (Wildman–Crippen LogP) is -3.74. The number of β-lactam (4-membered cyclic amide) rings is 1. The van der Waals surface area contributed by atoms with Crippen LogP contribution in [0.2, 0.25) is 0 Å². The van der Waals surface area contributed by atoms with Crippen molar-refractivity contribution in [2.24, 2.45) is 5.16 Å². The molecule has 0 bridgehead atoms. The fraction of sp³-hybridized carbons (Fsp3) is 0.417. The largest absolute Gasteiger partial charge is 1.00 e. The van der Waals surface area contributed by atoms with Crippen molar-refractivity contribution in [1.82, 2.24) is 14.6 Å². The summed E-state index contributed by atoms with van der Waals surface area (Å²) in [6, 6.07) is -3.15. The van der Waals surface area contributed by atoms with Gasteiger partial charge in [-0.2, -0.15) is 8.42 Å². The average Bonchev–Trinajstić information content (AvgIpc) is 3.08. The summed E-state index contributed by atoms with van der Waals surface area (Å²) >= 11 is 6.31. The fourth-order valence-corrected chi connectivity index (χ4v) is 3.85. The van der Waals surface area contributed by atoms with Crippen LogP contribution in [0, 0.1) is 0 Å². The SMILES string of the molecule is CO/N=C(\C(=O)NC1C(=O)N(S(=O)(=O)O)C1CF)c1csc(NC(=O)CCl)n1.[H-].[Na+]. The van der Waals surface area contributed by atoms with E-state index < -0.39 is 52.5 Å². The van der Waals surface area contributed by atoms with Crippen LogP contribution in [0.4, 0.5) is 9.52 Å². The maximum atomic E-state index is 13.1. The zero-order valence-corrected chi connectivity index (χ0v) is 19.3. The van der Waals surface area contributed by atoms with Crippen LogP contribution >= 0.6 is 22.9 Å². The van der Waals surface area contributed by atoms with Gasteiger partial charge in [-0.3, -0.25) is 18.9 Å². The van der Waals surface area contributed by atoms with E-state index >= 15 is 0 Å². The molecule has 1 fully saturated rings. The summed E-state index contributed by atoms with van der Waals surface area (Å²) in [6.07, 6.45) is 0. The molecule has 0 saturated carbocycles. The van der Waals surface area contributed by atoms with Crippen molar-refractivity contribution in [2.75, 3.05) is 25.0 Å². The first-order valence-electron chi connectivity index (χ1n) is 7.24. The second-order valence-corrected chi connectivity index (χ2v) is 7.54. The van der Waals surface area contributed by atoms with Crippen molar-refractivity contribution >= 4 is 61.8 Å². The topological polar surface area (TPSA) is 167 Å². The Morgan fingerprint density at radius 2 is 2.21 bits per heavy atom. The second-order valence-electron chi connectivity index (χ2n) is 5.13. The Kier molecular flexibility index (Phi) is 9.39. The predicted molar refractivity (Wildman–Crippen MR) is 96.2 cm³/mol. The number of oxime groups is 1. The second kappa shape index (κ2) is 10.6. The number of aromatic nitrogens is 1. The van der Waals surface area contributed by atoms with Crippen LogP contribution in [0.25, 0.3) is 0 Å². The summed E-state index contributed by atoms with van der Waals surface area (Å²) in [4.78, 5) is 44.0. The molecule has 0 aromatic carbocycles. The first-order chi connectivity index (χ1) is 13.1. The minimum absolute atomic E-state index is 0. The van der Waals surface area contributed by atoms with Crippen LogP contribution in [0.3, 0.4) is 0 Å². The number of hydrogen-bond donors (Lipinski definition) is 3. The van der Waals surface area contributed by atoms with Crippen molar-refractivity contribution in [3.63, 3.8) is 0 Å². The molecule has 29 heavy (non-hydrogen) atoms. The monoisotopic (exact) mass is 481 g/mol. The minimum Gasteiger partial charge on any atom is -1.00 e. The zero-order valence-electron chi connectivity index (χ0n) is 16.0. The van der Waals surface area contributed by atoms with Gasteiger partial charge in [0.15, 0.2) is 10.8 Å². The summed E-state index contributed by atoms with van der Waals surface area (Å²) in [6.45, 7) is -1.33. The number of anilines is 1. The molecule has 2 unspecified atom stereocenters. The summed E-state index contributed by atoms with van der Waals surface area (Å²) in [7, 11) is -3.83. The van der Waals surface area contributed by atoms with Crippen molar-refractivity contribution in [2.45, 2.75) is 12.1 Å². The molecule has 0 aliphatic carbocycles. The molecule has 1 aliphatic heterocycles. The molecule has 2 atom stereocenters. The average molecular weight is 482 g/mol. The Bertz CT molecular complexity index is 934. The Hall–Kier alpha value is -1.36. The third kappa shape index (κ3) is 5.84. The van der Waals surface area contributed by atoms with E-state index in [0.717, 1.165) is 18.4 Å². The minimum atomic E-state index is -4.96. The van der Waals surface area contributed by atoms with Gasteiger partial charge < -0.3 is 16.9 Å². The molecule has 1 aromatic heterocycles. The van der Waals surface area contributed by atoms with E-state index in [1.807, 2.05) is 0 Å². The molecule has 3 amide bonds. The Labute approximate surface area is 196 Å². The molecular weight excluding hydrogens is 468 g/mol. The summed E-state index contributed by atoms with van der Waals surface area (Å²) in [5.74, 6) is -3.08. The van der Waals surface area contributed by atoms with E-state index in [9.17, 15) is 27.2 Å². The first kappa shape index (κ1) is 25.7. The molecule has 2 rings (SSSR count). The summed E-state index contributed by atoms with van der Waals surface area (Å²) in [5.41, 5.74) is -0.453. The molecule has 1 aliphatic rings. The number of alkyl halides is 2. The Morgan fingerprint density at radius 1 is 1.55 bits per heavy atom. The third-order valence-corrected chi connectivity index (χ3v) is 5.32. The van der Waals surface area contributed by atoms with Gasteiger partial charge in [-0.05, 0) is 0 Å². The van der Waals surface area contributed by atoms with Crippen LogP contribution in [-0.2, 0) is 29.5 Å². The van der Waals surface area contributed by atoms with Crippen LogP contribution in [0.5, 0.6) is 0 Å². The van der Waals surface area contributed by atoms with Crippen LogP contribution in [-0.4, -0.2) is 77.4 Å². The summed E-state index contributed by atoms with van der Waals surface area (Å²) < 4.78 is 44.1. The van der Waals surface area contributed by atoms with Crippen LogP contribution in [0.1, 0.15) is 7.12 Å². The van der Waals surface area contributed by atoms with Gasteiger partial charge in [-0.15, -0.1) is 22.9 Å². The zero-order chi connectivity index (χ0) is 21.1. The van der Waals surface area contributed by atoms with E-state index in [4.69, 9.17) is 16.2 Å². The van der Waals surface area contributed by atoms with Gasteiger partial charge in [0.05, 0.1) is 0 Å². The number of hydrogen-bond acceptors (Lipinski definition) is 9. The van der Waals surface area contributed by atoms with E-state index in [0.29, 0.717) is 0 Å². The fourth-order valence-electron chi connectivity index (χ4n) is 2.21. The van der Waals surface area contributed by atoms with E-state index in [1.54, 1.807) is 0 Å². The normalized spacial score (nSPS) is 19.1. The van der Waals surface area contributed by atoms with Gasteiger partial charge >= 0.3 is 39.9 Å². The molecule has 0 radical (unpaired) electrons. The molecule has 12 nitrogen and oxygen atoms in total. The number of thiazole rings is 1. The quantitative estimate of drug-likeness (QED) is 0.0850. The molecular formula is C12H14ClFN5NaO7S2. The van der Waals surface area contributed by atoms with Gasteiger partial charge in [0.1, 0.15) is 37.4 Å².